The van der Waals surface area contributed by atoms with Crippen LogP contribution < -0.4 is 4.74 Å². The predicted octanol–water partition coefficient (Wildman–Crippen LogP) is 2.70. The number of alkyl halides is 2. The number of rotatable bonds is 6. The maximum atomic E-state index is 12.7. The monoisotopic (exact) mass is 327 g/mol. The van der Waals surface area contributed by atoms with Gasteiger partial charge in [0.05, 0.1) is 15.7 Å². The van der Waals surface area contributed by atoms with Crippen molar-refractivity contribution in [2.75, 3.05) is 12.4 Å². The molecule has 1 unspecified atom stereocenters. The van der Waals surface area contributed by atoms with Crippen molar-refractivity contribution in [2.45, 2.75) is 24.7 Å². The largest absolute Gasteiger partial charge is 0.470 e. The van der Waals surface area contributed by atoms with E-state index in [4.69, 9.17) is 4.74 Å². The van der Waals surface area contributed by atoms with E-state index in [1.807, 2.05) is 0 Å². The minimum Gasteiger partial charge on any atom is -0.470 e. The first-order valence-corrected chi connectivity index (χ1v) is 7.90. The summed E-state index contributed by atoms with van der Waals surface area (Å²) in [4.78, 5) is 4.74. The second kappa shape index (κ2) is 6.87. The molecule has 0 fully saturated rings. The number of aromatic nitrogens is 3. The molecule has 0 saturated carbocycles. The summed E-state index contributed by atoms with van der Waals surface area (Å²) in [5.41, 5.74) is 0.871. The minimum absolute atomic E-state index is 0.000583. The van der Waals surface area contributed by atoms with Crippen LogP contribution in [0, 0.1) is 0 Å². The number of hydrogen-bond donors (Lipinski definition) is 0. The quantitative estimate of drug-likeness (QED) is 0.816. The van der Waals surface area contributed by atoms with E-state index < -0.39 is 23.3 Å². The summed E-state index contributed by atoms with van der Waals surface area (Å²) in [5.74, 6) is -2.48. The normalized spacial score (nSPS) is 12.9. The number of halogens is 2. The Labute approximate surface area is 129 Å². The summed E-state index contributed by atoms with van der Waals surface area (Å²) in [5, 5.41) is 7.65. The van der Waals surface area contributed by atoms with Crippen LogP contribution in [0.4, 0.5) is 8.78 Å². The standard InChI is InChI=1S/C14H15F2N3O2S/c1-3-22(20)11-5-4-8-17-13(11)10-6-7-12(19-18-10)21-9-14(2,15)16/h4-8H,3,9H2,1-2H3. The number of ether oxygens (including phenoxy) is 1. The molecule has 0 amide bonds. The van der Waals surface area contributed by atoms with Gasteiger partial charge in [0.25, 0.3) is 5.92 Å². The fourth-order valence-electron chi connectivity index (χ4n) is 1.65. The van der Waals surface area contributed by atoms with Gasteiger partial charge in [-0.15, -0.1) is 10.2 Å². The average molecular weight is 327 g/mol. The lowest BCUT2D eigenvalue weighted by Gasteiger charge is -2.11. The van der Waals surface area contributed by atoms with Crippen LogP contribution in [0.5, 0.6) is 5.88 Å². The van der Waals surface area contributed by atoms with E-state index in [0.717, 1.165) is 6.92 Å². The fourth-order valence-corrected chi connectivity index (χ4v) is 2.56. The summed E-state index contributed by atoms with van der Waals surface area (Å²) >= 11 is 0. The van der Waals surface area contributed by atoms with Gasteiger partial charge in [-0.2, -0.15) is 0 Å². The average Bonchev–Trinajstić information content (AvgIpc) is 2.52. The Kier molecular flexibility index (Phi) is 5.12. The highest BCUT2D eigenvalue weighted by molar-refractivity contribution is 7.85. The molecule has 0 aliphatic rings. The molecule has 0 aliphatic carbocycles. The zero-order valence-corrected chi connectivity index (χ0v) is 12.9. The molecule has 118 valence electrons. The molecular formula is C14H15F2N3O2S. The molecule has 1 atom stereocenters. The molecule has 2 aromatic rings. The Bertz CT molecular complexity index is 660. The van der Waals surface area contributed by atoms with Gasteiger partial charge in [-0.1, -0.05) is 6.92 Å². The fraction of sp³-hybridized carbons (Fsp3) is 0.357. The van der Waals surface area contributed by atoms with Crippen LogP contribution in [-0.4, -0.2) is 37.7 Å². The highest BCUT2D eigenvalue weighted by Gasteiger charge is 2.22. The summed E-state index contributed by atoms with van der Waals surface area (Å²) in [6.07, 6.45) is 1.56. The molecule has 0 N–H and O–H groups in total. The van der Waals surface area contributed by atoms with E-state index >= 15 is 0 Å². The molecule has 2 heterocycles. The van der Waals surface area contributed by atoms with Crippen molar-refractivity contribution in [3.05, 3.63) is 30.5 Å². The van der Waals surface area contributed by atoms with Crippen molar-refractivity contribution < 1.29 is 17.7 Å². The molecular weight excluding hydrogens is 312 g/mol. The first-order chi connectivity index (χ1) is 10.4. The van der Waals surface area contributed by atoms with Crippen molar-refractivity contribution in [3.8, 4) is 17.3 Å². The van der Waals surface area contributed by atoms with Crippen LogP contribution in [0.1, 0.15) is 13.8 Å². The highest BCUT2D eigenvalue weighted by atomic mass is 32.2. The SMILES string of the molecule is CCS(=O)c1cccnc1-c1ccc(OCC(C)(F)F)nn1. The lowest BCUT2D eigenvalue weighted by atomic mass is 10.2. The van der Waals surface area contributed by atoms with E-state index in [9.17, 15) is 13.0 Å². The van der Waals surface area contributed by atoms with Crippen LogP contribution in [0.25, 0.3) is 11.4 Å². The van der Waals surface area contributed by atoms with Gasteiger partial charge in [-0.3, -0.25) is 9.19 Å². The van der Waals surface area contributed by atoms with Crippen LogP contribution in [0.3, 0.4) is 0 Å². The Balaban J connectivity index is 2.23. The smallest absolute Gasteiger partial charge is 0.278 e. The molecule has 0 aromatic carbocycles. The van der Waals surface area contributed by atoms with Gasteiger partial charge in [0.15, 0.2) is 6.61 Å². The molecule has 0 aliphatic heterocycles. The molecule has 2 rings (SSSR count). The van der Waals surface area contributed by atoms with E-state index in [2.05, 4.69) is 15.2 Å². The molecule has 0 saturated heterocycles. The molecule has 22 heavy (non-hydrogen) atoms. The first kappa shape index (κ1) is 16.4. The third-order valence-corrected chi connectivity index (χ3v) is 3.98. The van der Waals surface area contributed by atoms with Crippen molar-refractivity contribution in [1.82, 2.24) is 15.2 Å². The summed E-state index contributed by atoms with van der Waals surface area (Å²) in [7, 11) is -1.18. The number of pyridine rings is 1. The zero-order valence-electron chi connectivity index (χ0n) is 12.1. The van der Waals surface area contributed by atoms with Gasteiger partial charge in [0.1, 0.15) is 11.4 Å². The molecule has 0 spiro atoms. The van der Waals surface area contributed by atoms with Gasteiger partial charge in [0, 0.05) is 24.9 Å². The van der Waals surface area contributed by atoms with Crippen LogP contribution >= 0.6 is 0 Å². The van der Waals surface area contributed by atoms with Crippen molar-refractivity contribution in [3.63, 3.8) is 0 Å². The second-order valence-electron chi connectivity index (χ2n) is 4.60. The second-order valence-corrected chi connectivity index (χ2v) is 6.31. The lowest BCUT2D eigenvalue weighted by Crippen LogP contribution is -2.21. The first-order valence-electron chi connectivity index (χ1n) is 6.59. The van der Waals surface area contributed by atoms with Gasteiger partial charge in [-0.25, -0.2) is 8.78 Å². The van der Waals surface area contributed by atoms with E-state index in [0.29, 0.717) is 22.0 Å². The van der Waals surface area contributed by atoms with Crippen molar-refractivity contribution in [1.29, 1.82) is 0 Å². The summed E-state index contributed by atoms with van der Waals surface area (Å²) in [6.45, 7) is 1.80. The van der Waals surface area contributed by atoms with Crippen LogP contribution in [0.2, 0.25) is 0 Å². The molecule has 8 heteroatoms. The molecule has 5 nitrogen and oxygen atoms in total. The maximum absolute atomic E-state index is 12.7. The Morgan fingerprint density at radius 3 is 2.64 bits per heavy atom. The van der Waals surface area contributed by atoms with Crippen LogP contribution in [-0.2, 0) is 10.8 Å². The third kappa shape index (κ3) is 4.27. The van der Waals surface area contributed by atoms with Crippen molar-refractivity contribution >= 4 is 10.8 Å². The van der Waals surface area contributed by atoms with Crippen molar-refractivity contribution in [2.24, 2.45) is 0 Å². The van der Waals surface area contributed by atoms with E-state index in [1.165, 1.54) is 6.07 Å². The Hall–Kier alpha value is -1.96. The predicted molar refractivity (Wildman–Crippen MR) is 78.3 cm³/mol. The Morgan fingerprint density at radius 1 is 1.27 bits per heavy atom. The Morgan fingerprint density at radius 2 is 2.05 bits per heavy atom. The third-order valence-electron chi connectivity index (χ3n) is 2.63. The van der Waals surface area contributed by atoms with Gasteiger partial charge in [0.2, 0.25) is 5.88 Å². The minimum atomic E-state index is -2.94. The van der Waals surface area contributed by atoms with Gasteiger partial charge < -0.3 is 4.74 Å². The highest BCUT2D eigenvalue weighted by Crippen LogP contribution is 2.23. The summed E-state index contributed by atoms with van der Waals surface area (Å²) < 4.78 is 42.3. The topological polar surface area (TPSA) is 65.0 Å². The number of nitrogens with zero attached hydrogens (tertiary/aromatic N) is 3. The summed E-state index contributed by atoms with van der Waals surface area (Å²) in [6, 6.07) is 6.39. The molecule has 0 radical (unpaired) electrons. The zero-order chi connectivity index (χ0) is 16.2. The lowest BCUT2D eigenvalue weighted by molar-refractivity contribution is -0.0244. The number of hydrogen-bond acceptors (Lipinski definition) is 5. The van der Waals surface area contributed by atoms with E-state index in [-0.39, 0.29) is 5.88 Å². The van der Waals surface area contributed by atoms with Gasteiger partial charge >= 0.3 is 0 Å². The molecule has 2 aromatic heterocycles. The molecule has 0 bridgehead atoms. The van der Waals surface area contributed by atoms with Crippen LogP contribution in [0.15, 0.2) is 35.4 Å². The maximum Gasteiger partial charge on any atom is 0.278 e. The van der Waals surface area contributed by atoms with E-state index in [1.54, 1.807) is 31.3 Å². The van der Waals surface area contributed by atoms with Gasteiger partial charge in [-0.05, 0) is 18.2 Å².